The topological polar surface area (TPSA) is 29.5 Å². The van der Waals surface area contributed by atoms with E-state index >= 15 is 0 Å². The Bertz CT molecular complexity index is 1080. The van der Waals surface area contributed by atoms with Crippen molar-refractivity contribution in [1.82, 2.24) is 0 Å². The molecule has 0 radical (unpaired) electrons. The molecule has 0 bridgehead atoms. The number of ether oxygens (including phenoxy) is 1. The summed E-state index contributed by atoms with van der Waals surface area (Å²) in [5.74, 6) is -0.538. The van der Waals surface area contributed by atoms with E-state index in [-0.39, 0.29) is 41.2 Å². The molecule has 0 heterocycles. The van der Waals surface area contributed by atoms with Crippen molar-refractivity contribution in [1.29, 1.82) is 0 Å². The minimum Gasteiger partial charge on any atom is -0.493 e. The van der Waals surface area contributed by atoms with Crippen LogP contribution in [-0.4, -0.2) is 17.8 Å². The van der Waals surface area contributed by atoms with Gasteiger partial charge in [0.05, 0.1) is 12.7 Å². The molecule has 5 heteroatoms. The maximum Gasteiger partial charge on any atom is 0.166 e. The number of hydrogen-bond donors (Lipinski definition) is 1. The Kier molecular flexibility index (Phi) is 9.53. The van der Waals surface area contributed by atoms with E-state index < -0.39 is 11.6 Å². The van der Waals surface area contributed by atoms with Gasteiger partial charge in [-0.2, -0.15) is 0 Å². The van der Waals surface area contributed by atoms with Crippen molar-refractivity contribution in [3.8, 4) is 5.75 Å². The number of benzene rings is 2. The van der Waals surface area contributed by atoms with Crippen LogP contribution in [0.1, 0.15) is 93.2 Å². The van der Waals surface area contributed by atoms with Crippen LogP contribution < -0.4 is 4.74 Å². The second kappa shape index (κ2) is 12.8. The Morgan fingerprint density at radius 2 is 1.57 bits per heavy atom. The Morgan fingerprint density at radius 3 is 2.22 bits per heavy atom. The highest BCUT2D eigenvalue weighted by Crippen LogP contribution is 2.40. The zero-order chi connectivity index (χ0) is 26.4. The zero-order valence-electron chi connectivity index (χ0n) is 21.8. The lowest BCUT2D eigenvalue weighted by Gasteiger charge is -2.30. The average molecular weight is 513 g/mol. The molecule has 2 nitrogen and oxygen atoms in total. The van der Waals surface area contributed by atoms with Gasteiger partial charge in [-0.25, -0.2) is 13.2 Å². The molecule has 1 unspecified atom stereocenters. The van der Waals surface area contributed by atoms with Gasteiger partial charge in [0.25, 0.3) is 0 Å². The van der Waals surface area contributed by atoms with Crippen molar-refractivity contribution in [3.63, 3.8) is 0 Å². The summed E-state index contributed by atoms with van der Waals surface area (Å²) in [7, 11) is 0. The minimum atomic E-state index is -0.780. The smallest absolute Gasteiger partial charge is 0.166 e. The van der Waals surface area contributed by atoms with Gasteiger partial charge in [-0.3, -0.25) is 0 Å². The van der Waals surface area contributed by atoms with E-state index in [9.17, 15) is 18.3 Å². The maximum absolute atomic E-state index is 15.0. The third-order valence-electron chi connectivity index (χ3n) is 8.36. The maximum atomic E-state index is 15.0. The molecule has 37 heavy (non-hydrogen) atoms. The SMILES string of the molecule is C=CCCOc1ccc(C2CCC(/C=C/c3ccc(C4CCC(C(C)O)CC4)c(F)c3F)CC2)c(F)c1. The van der Waals surface area contributed by atoms with Crippen LogP contribution in [-0.2, 0) is 0 Å². The molecule has 0 spiro atoms. The monoisotopic (exact) mass is 512 g/mol. The van der Waals surface area contributed by atoms with Gasteiger partial charge in [0.2, 0.25) is 0 Å². The molecule has 2 saturated carbocycles. The van der Waals surface area contributed by atoms with E-state index in [1.165, 1.54) is 6.07 Å². The quantitative estimate of drug-likeness (QED) is 0.269. The molecule has 0 aliphatic heterocycles. The molecule has 0 aromatic heterocycles. The number of allylic oxidation sites excluding steroid dienone is 1. The van der Waals surface area contributed by atoms with E-state index in [1.54, 1.807) is 31.2 Å². The van der Waals surface area contributed by atoms with Crippen LogP contribution in [0.5, 0.6) is 5.75 Å². The molecule has 2 fully saturated rings. The number of rotatable bonds is 9. The third kappa shape index (κ3) is 6.87. The van der Waals surface area contributed by atoms with Crippen LogP contribution in [0.4, 0.5) is 13.2 Å². The first-order valence-corrected chi connectivity index (χ1v) is 13.7. The molecule has 4 rings (SSSR count). The molecule has 2 aromatic rings. The molecular formula is C32H39F3O2. The fraction of sp³-hybridized carbons (Fsp3) is 0.500. The van der Waals surface area contributed by atoms with Crippen molar-refractivity contribution in [3.05, 3.63) is 83.2 Å². The largest absolute Gasteiger partial charge is 0.493 e. The molecule has 0 amide bonds. The molecule has 2 aromatic carbocycles. The summed E-state index contributed by atoms with van der Waals surface area (Å²) in [4.78, 5) is 0. The van der Waals surface area contributed by atoms with Crippen LogP contribution >= 0.6 is 0 Å². The van der Waals surface area contributed by atoms with Crippen molar-refractivity contribution in [2.24, 2.45) is 11.8 Å². The van der Waals surface area contributed by atoms with Crippen molar-refractivity contribution in [2.75, 3.05) is 6.61 Å². The fourth-order valence-electron chi connectivity index (χ4n) is 5.99. The Labute approximate surface area is 219 Å². The molecule has 200 valence electrons. The molecular weight excluding hydrogens is 473 g/mol. The normalized spacial score (nSPS) is 25.2. The lowest BCUT2D eigenvalue weighted by molar-refractivity contribution is 0.0963. The summed E-state index contributed by atoms with van der Waals surface area (Å²) < 4.78 is 50.1. The first-order chi connectivity index (χ1) is 17.9. The first kappa shape index (κ1) is 27.5. The zero-order valence-corrected chi connectivity index (χ0v) is 21.8. The summed E-state index contributed by atoms with van der Waals surface area (Å²) in [5.41, 5.74) is 1.46. The van der Waals surface area contributed by atoms with Gasteiger partial charge in [-0.05, 0) is 106 Å². The Balaban J connectivity index is 1.32. The lowest BCUT2D eigenvalue weighted by Crippen LogP contribution is -2.23. The minimum absolute atomic E-state index is 0.00553. The number of aliphatic hydroxyl groups is 1. The Morgan fingerprint density at radius 1 is 0.919 bits per heavy atom. The van der Waals surface area contributed by atoms with Crippen molar-refractivity contribution < 1.29 is 23.0 Å². The predicted molar refractivity (Wildman–Crippen MR) is 143 cm³/mol. The number of halogens is 3. The highest BCUT2D eigenvalue weighted by Gasteiger charge is 2.28. The molecule has 2 aliphatic carbocycles. The number of aliphatic hydroxyl groups excluding tert-OH is 1. The van der Waals surface area contributed by atoms with E-state index in [4.69, 9.17) is 4.74 Å². The van der Waals surface area contributed by atoms with Crippen LogP contribution in [0.3, 0.4) is 0 Å². The molecule has 1 N–H and O–H groups in total. The van der Waals surface area contributed by atoms with Gasteiger partial charge in [0.15, 0.2) is 11.6 Å². The average Bonchev–Trinajstić information content (AvgIpc) is 2.90. The van der Waals surface area contributed by atoms with Gasteiger partial charge in [0.1, 0.15) is 11.6 Å². The van der Waals surface area contributed by atoms with Crippen molar-refractivity contribution in [2.45, 2.75) is 82.7 Å². The number of hydrogen-bond acceptors (Lipinski definition) is 2. The van der Waals surface area contributed by atoms with Gasteiger partial charge in [-0.1, -0.05) is 36.4 Å². The highest BCUT2D eigenvalue weighted by atomic mass is 19.2. The third-order valence-corrected chi connectivity index (χ3v) is 8.36. The van der Waals surface area contributed by atoms with Gasteiger partial charge in [-0.15, -0.1) is 6.58 Å². The summed E-state index contributed by atoms with van der Waals surface area (Å²) in [6.45, 7) is 5.94. The van der Waals surface area contributed by atoms with Gasteiger partial charge in [0, 0.05) is 11.6 Å². The van der Waals surface area contributed by atoms with E-state index in [1.807, 2.05) is 18.2 Å². The standard InChI is InChI=1S/C32H39F3O2/c1-3-4-19-37-27-16-18-28(30(33)20-27)24-8-5-22(6-9-24)7-10-26-15-17-29(32(35)31(26)34)25-13-11-23(12-14-25)21(2)36/h3,7,10,15-18,20-25,36H,1,4-6,8-9,11-14,19H2,2H3/b10-7+. The van der Waals surface area contributed by atoms with Crippen LogP contribution in [0.2, 0.25) is 0 Å². The summed E-state index contributed by atoms with van der Waals surface area (Å²) >= 11 is 0. The fourth-order valence-corrected chi connectivity index (χ4v) is 5.99. The lowest BCUT2D eigenvalue weighted by atomic mass is 9.76. The van der Waals surface area contributed by atoms with Crippen molar-refractivity contribution >= 4 is 6.08 Å². The summed E-state index contributed by atoms with van der Waals surface area (Å²) in [5, 5.41) is 9.80. The predicted octanol–water partition coefficient (Wildman–Crippen LogP) is 8.70. The molecule has 2 aliphatic rings. The van der Waals surface area contributed by atoms with E-state index in [0.717, 1.165) is 56.9 Å². The van der Waals surface area contributed by atoms with Crippen LogP contribution in [0, 0.1) is 29.3 Å². The van der Waals surface area contributed by atoms with Crippen LogP contribution in [0.25, 0.3) is 6.08 Å². The van der Waals surface area contributed by atoms with E-state index in [0.29, 0.717) is 24.3 Å². The highest BCUT2D eigenvalue weighted by molar-refractivity contribution is 5.52. The van der Waals surface area contributed by atoms with Gasteiger partial charge >= 0.3 is 0 Å². The first-order valence-electron chi connectivity index (χ1n) is 13.7. The van der Waals surface area contributed by atoms with Gasteiger partial charge < -0.3 is 9.84 Å². The van der Waals surface area contributed by atoms with Crippen LogP contribution in [0.15, 0.2) is 49.1 Å². The summed E-state index contributed by atoms with van der Waals surface area (Å²) in [6.07, 6.45) is 12.5. The summed E-state index contributed by atoms with van der Waals surface area (Å²) in [6, 6.07) is 8.54. The molecule has 1 atom stereocenters. The Hall–Kier alpha value is -2.53. The van der Waals surface area contributed by atoms with E-state index in [2.05, 4.69) is 6.58 Å². The molecule has 0 saturated heterocycles. The second-order valence-electron chi connectivity index (χ2n) is 10.8. The second-order valence-corrected chi connectivity index (χ2v) is 10.8.